The highest BCUT2D eigenvalue weighted by atomic mass is 16.6. The van der Waals surface area contributed by atoms with E-state index in [9.17, 15) is 5.11 Å². The first kappa shape index (κ1) is 10.7. The van der Waals surface area contributed by atoms with Gasteiger partial charge in [-0.25, -0.2) is 0 Å². The van der Waals surface area contributed by atoms with Crippen molar-refractivity contribution in [1.29, 1.82) is 0 Å². The highest BCUT2D eigenvalue weighted by molar-refractivity contribution is 5.38. The fourth-order valence-electron chi connectivity index (χ4n) is 2.64. The molecule has 2 heteroatoms. The third-order valence-corrected chi connectivity index (χ3v) is 3.70. The van der Waals surface area contributed by atoms with E-state index in [0.717, 1.165) is 0 Å². The van der Waals surface area contributed by atoms with Crippen LogP contribution in [0.25, 0.3) is 0 Å². The van der Waals surface area contributed by atoms with E-state index < -0.39 is 5.79 Å². The van der Waals surface area contributed by atoms with Crippen molar-refractivity contribution in [3.05, 3.63) is 35.9 Å². The van der Waals surface area contributed by atoms with Gasteiger partial charge in [-0.1, -0.05) is 44.2 Å². The van der Waals surface area contributed by atoms with Gasteiger partial charge in [0.05, 0.1) is 5.41 Å². The molecule has 0 aliphatic heterocycles. The maximum absolute atomic E-state index is 10.2. The van der Waals surface area contributed by atoms with Crippen molar-refractivity contribution in [3.8, 4) is 0 Å². The summed E-state index contributed by atoms with van der Waals surface area (Å²) in [7, 11) is 1.58. The first-order valence-electron chi connectivity index (χ1n) is 5.40. The maximum atomic E-state index is 10.2. The van der Waals surface area contributed by atoms with Gasteiger partial charge in [-0.3, -0.25) is 0 Å². The molecule has 0 heterocycles. The lowest BCUT2D eigenvalue weighted by Crippen LogP contribution is -2.30. The standard InChI is InChI=1S/C13H18O2/c1-10(2)12(9-13(12,14)15-3)11-7-5-4-6-8-11/h4-8,10,14H,9H2,1-3H3/t12-,13+/m0/s1. The Morgan fingerprint density at radius 3 is 2.27 bits per heavy atom. The van der Waals surface area contributed by atoms with Crippen LogP contribution in [-0.2, 0) is 10.2 Å². The monoisotopic (exact) mass is 206 g/mol. The summed E-state index contributed by atoms with van der Waals surface area (Å²) < 4.78 is 5.24. The first-order valence-corrected chi connectivity index (χ1v) is 5.40. The fourth-order valence-corrected chi connectivity index (χ4v) is 2.64. The van der Waals surface area contributed by atoms with Crippen molar-refractivity contribution >= 4 is 0 Å². The topological polar surface area (TPSA) is 29.5 Å². The predicted octanol–water partition coefficient (Wildman–Crippen LogP) is 2.32. The van der Waals surface area contributed by atoms with Crippen LogP contribution >= 0.6 is 0 Å². The Bertz CT molecular complexity index is 347. The lowest BCUT2D eigenvalue weighted by Gasteiger charge is -2.25. The normalized spacial score (nSPS) is 34.5. The van der Waals surface area contributed by atoms with Crippen molar-refractivity contribution in [2.45, 2.75) is 31.5 Å². The molecule has 2 nitrogen and oxygen atoms in total. The Balaban J connectivity index is 2.40. The second kappa shape index (κ2) is 3.32. The quantitative estimate of drug-likeness (QED) is 0.769. The molecular formula is C13H18O2. The van der Waals surface area contributed by atoms with Gasteiger partial charge in [-0.2, -0.15) is 0 Å². The Labute approximate surface area is 90.9 Å². The molecule has 0 unspecified atom stereocenters. The molecule has 1 saturated carbocycles. The second-order valence-electron chi connectivity index (χ2n) is 4.66. The van der Waals surface area contributed by atoms with Gasteiger partial charge in [-0.05, 0) is 11.5 Å². The zero-order chi connectivity index (χ0) is 11.1. The van der Waals surface area contributed by atoms with Crippen molar-refractivity contribution in [3.63, 3.8) is 0 Å². The molecule has 82 valence electrons. The molecule has 0 bridgehead atoms. The molecule has 1 aliphatic carbocycles. The molecule has 15 heavy (non-hydrogen) atoms. The minimum Gasteiger partial charge on any atom is -0.365 e. The zero-order valence-electron chi connectivity index (χ0n) is 9.53. The van der Waals surface area contributed by atoms with E-state index in [2.05, 4.69) is 26.0 Å². The molecule has 1 N–H and O–H groups in total. The molecule has 0 radical (unpaired) electrons. The van der Waals surface area contributed by atoms with E-state index in [1.807, 2.05) is 18.2 Å². The Morgan fingerprint density at radius 2 is 1.87 bits per heavy atom. The van der Waals surface area contributed by atoms with Gasteiger partial charge in [-0.15, -0.1) is 0 Å². The molecule has 0 saturated heterocycles. The van der Waals surface area contributed by atoms with Crippen LogP contribution in [0.3, 0.4) is 0 Å². The molecule has 2 rings (SSSR count). The lowest BCUT2D eigenvalue weighted by atomic mass is 9.84. The second-order valence-corrected chi connectivity index (χ2v) is 4.66. The summed E-state index contributed by atoms with van der Waals surface area (Å²) in [6.45, 7) is 4.26. The van der Waals surface area contributed by atoms with E-state index in [1.165, 1.54) is 5.56 Å². The van der Waals surface area contributed by atoms with Crippen LogP contribution < -0.4 is 0 Å². The van der Waals surface area contributed by atoms with Crippen molar-refractivity contribution in [2.24, 2.45) is 5.92 Å². The molecule has 2 atom stereocenters. The molecule has 1 aromatic rings. The van der Waals surface area contributed by atoms with E-state index in [1.54, 1.807) is 7.11 Å². The number of aliphatic hydroxyl groups is 1. The van der Waals surface area contributed by atoms with Gasteiger partial charge < -0.3 is 9.84 Å². The molecule has 1 aliphatic rings. The summed E-state index contributed by atoms with van der Waals surface area (Å²) in [5.74, 6) is -0.604. The average Bonchev–Trinajstić information content (AvgIpc) is 2.89. The van der Waals surface area contributed by atoms with E-state index in [0.29, 0.717) is 12.3 Å². The number of benzene rings is 1. The summed E-state index contributed by atoms with van der Waals surface area (Å²) in [4.78, 5) is 0. The highest BCUT2D eigenvalue weighted by Crippen LogP contribution is 2.62. The summed E-state index contributed by atoms with van der Waals surface area (Å²) in [5.41, 5.74) is 0.951. The Morgan fingerprint density at radius 1 is 1.27 bits per heavy atom. The number of methoxy groups -OCH3 is 1. The molecule has 0 aromatic heterocycles. The van der Waals surface area contributed by atoms with Crippen LogP contribution in [0.15, 0.2) is 30.3 Å². The number of ether oxygens (including phenoxy) is 1. The summed E-state index contributed by atoms with van der Waals surface area (Å²) >= 11 is 0. The maximum Gasteiger partial charge on any atom is 0.176 e. The van der Waals surface area contributed by atoms with Gasteiger partial charge in [0.15, 0.2) is 5.79 Å². The summed E-state index contributed by atoms with van der Waals surface area (Å²) in [6.07, 6.45) is 0.693. The van der Waals surface area contributed by atoms with Crippen molar-refractivity contribution in [1.82, 2.24) is 0 Å². The number of hydrogen-bond donors (Lipinski definition) is 1. The lowest BCUT2D eigenvalue weighted by molar-refractivity contribution is -0.124. The number of hydrogen-bond acceptors (Lipinski definition) is 2. The van der Waals surface area contributed by atoms with Gasteiger partial charge in [0.1, 0.15) is 0 Å². The van der Waals surface area contributed by atoms with Gasteiger partial charge in [0.25, 0.3) is 0 Å². The Kier molecular flexibility index (Phi) is 2.36. The SMILES string of the molecule is CO[C@]1(O)C[C@@]1(c1ccccc1)C(C)C. The van der Waals surface area contributed by atoms with Gasteiger partial charge in [0, 0.05) is 13.5 Å². The van der Waals surface area contributed by atoms with E-state index in [-0.39, 0.29) is 5.41 Å². The van der Waals surface area contributed by atoms with E-state index >= 15 is 0 Å². The zero-order valence-corrected chi connectivity index (χ0v) is 9.53. The van der Waals surface area contributed by atoms with Crippen molar-refractivity contribution in [2.75, 3.05) is 7.11 Å². The largest absolute Gasteiger partial charge is 0.365 e. The van der Waals surface area contributed by atoms with Crippen molar-refractivity contribution < 1.29 is 9.84 Å². The summed E-state index contributed by atoms with van der Waals surface area (Å²) in [6, 6.07) is 10.1. The first-order chi connectivity index (χ1) is 7.07. The fraction of sp³-hybridized carbons (Fsp3) is 0.538. The van der Waals surface area contributed by atoms with Crippen LogP contribution in [-0.4, -0.2) is 18.0 Å². The van der Waals surface area contributed by atoms with E-state index in [4.69, 9.17) is 4.74 Å². The van der Waals surface area contributed by atoms with Crippen LogP contribution in [0, 0.1) is 5.92 Å². The molecule has 0 spiro atoms. The minimum absolute atomic E-state index is 0.219. The molecular weight excluding hydrogens is 188 g/mol. The third kappa shape index (κ3) is 1.32. The highest BCUT2D eigenvalue weighted by Gasteiger charge is 2.70. The van der Waals surface area contributed by atoms with Crippen LogP contribution in [0.1, 0.15) is 25.8 Å². The minimum atomic E-state index is -0.970. The van der Waals surface area contributed by atoms with Gasteiger partial charge in [0.2, 0.25) is 0 Å². The van der Waals surface area contributed by atoms with Gasteiger partial charge >= 0.3 is 0 Å². The predicted molar refractivity (Wildman–Crippen MR) is 59.5 cm³/mol. The Hall–Kier alpha value is -0.860. The number of rotatable bonds is 3. The molecule has 1 fully saturated rings. The van der Waals surface area contributed by atoms with Crippen LogP contribution in [0.2, 0.25) is 0 Å². The van der Waals surface area contributed by atoms with Crippen LogP contribution in [0.4, 0.5) is 0 Å². The third-order valence-electron chi connectivity index (χ3n) is 3.70. The van der Waals surface area contributed by atoms with Crippen LogP contribution in [0.5, 0.6) is 0 Å². The smallest absolute Gasteiger partial charge is 0.176 e. The summed E-state index contributed by atoms with van der Waals surface area (Å²) in [5, 5.41) is 10.2. The average molecular weight is 206 g/mol. The molecule has 1 aromatic carbocycles. The molecule has 0 amide bonds.